The Balaban J connectivity index is 2.72. The van der Waals surface area contributed by atoms with Gasteiger partial charge in [0.15, 0.2) is 5.69 Å². The van der Waals surface area contributed by atoms with Crippen LogP contribution in [0.2, 0.25) is 5.02 Å². The molecular weight excluding hydrogens is 280 g/mol. The number of aryl methyl sites for hydroxylation is 2. The summed E-state index contributed by atoms with van der Waals surface area (Å²) < 4.78 is 6.94. The first-order chi connectivity index (χ1) is 9.36. The highest BCUT2D eigenvalue weighted by molar-refractivity contribution is 6.32. The fourth-order valence-corrected chi connectivity index (χ4v) is 2.36. The van der Waals surface area contributed by atoms with Crippen LogP contribution in [0.4, 0.5) is 0 Å². The summed E-state index contributed by atoms with van der Waals surface area (Å²) in [5.41, 5.74) is 3.16. The zero-order chi connectivity index (χ0) is 15.0. The highest BCUT2D eigenvalue weighted by Gasteiger charge is 2.19. The Bertz CT molecular complexity index is 692. The van der Waals surface area contributed by atoms with E-state index in [0.717, 1.165) is 16.7 Å². The third-order valence-electron chi connectivity index (χ3n) is 3.20. The van der Waals surface area contributed by atoms with Gasteiger partial charge in [-0.2, -0.15) is 5.10 Å². The van der Waals surface area contributed by atoms with Crippen molar-refractivity contribution < 1.29 is 14.6 Å². The molecule has 106 valence electrons. The van der Waals surface area contributed by atoms with E-state index in [1.165, 1.54) is 10.7 Å². The van der Waals surface area contributed by atoms with Gasteiger partial charge in [-0.15, -0.1) is 0 Å². The van der Waals surface area contributed by atoms with Gasteiger partial charge in [0, 0.05) is 18.2 Å². The topological polar surface area (TPSA) is 64.3 Å². The highest BCUT2D eigenvalue weighted by Crippen LogP contribution is 2.38. The van der Waals surface area contributed by atoms with Crippen molar-refractivity contribution >= 4 is 17.6 Å². The number of carboxylic acid groups (broad SMARTS) is 1. The number of carboxylic acids is 1. The van der Waals surface area contributed by atoms with E-state index in [0.29, 0.717) is 16.5 Å². The Morgan fingerprint density at radius 2 is 2.05 bits per heavy atom. The van der Waals surface area contributed by atoms with Crippen molar-refractivity contribution in [3.8, 4) is 17.0 Å². The lowest BCUT2D eigenvalue weighted by atomic mass is 10.0. The van der Waals surface area contributed by atoms with Gasteiger partial charge >= 0.3 is 5.97 Å². The molecule has 0 unspecified atom stereocenters. The van der Waals surface area contributed by atoms with E-state index in [4.69, 9.17) is 21.4 Å². The first-order valence-corrected chi connectivity index (χ1v) is 6.36. The van der Waals surface area contributed by atoms with Crippen LogP contribution in [0, 0.1) is 13.8 Å². The number of benzene rings is 1. The summed E-state index contributed by atoms with van der Waals surface area (Å²) in [5, 5.41) is 13.6. The van der Waals surface area contributed by atoms with Gasteiger partial charge in [-0.1, -0.05) is 11.6 Å². The maximum Gasteiger partial charge on any atom is 0.356 e. The zero-order valence-corrected chi connectivity index (χ0v) is 12.4. The number of hydrogen-bond acceptors (Lipinski definition) is 3. The van der Waals surface area contributed by atoms with Gasteiger partial charge in [0.2, 0.25) is 0 Å². The number of halogens is 1. The van der Waals surface area contributed by atoms with Crippen molar-refractivity contribution in [2.24, 2.45) is 7.05 Å². The number of ether oxygens (including phenoxy) is 1. The largest absolute Gasteiger partial charge is 0.496 e. The minimum atomic E-state index is -1.06. The van der Waals surface area contributed by atoms with Crippen LogP contribution in [0.25, 0.3) is 11.3 Å². The fraction of sp³-hybridized carbons (Fsp3) is 0.286. The Morgan fingerprint density at radius 3 is 2.55 bits per heavy atom. The first-order valence-electron chi connectivity index (χ1n) is 5.98. The summed E-state index contributed by atoms with van der Waals surface area (Å²) in [7, 11) is 3.26. The lowest BCUT2D eigenvalue weighted by Crippen LogP contribution is -2.00. The number of rotatable bonds is 3. The third kappa shape index (κ3) is 2.25. The van der Waals surface area contributed by atoms with Gasteiger partial charge in [0.25, 0.3) is 0 Å². The molecule has 0 amide bonds. The molecule has 0 saturated carbocycles. The molecular formula is C14H15ClN2O3. The molecule has 0 atom stereocenters. The number of carbonyl (C=O) groups is 1. The van der Waals surface area contributed by atoms with Crippen molar-refractivity contribution in [2.75, 3.05) is 7.11 Å². The lowest BCUT2D eigenvalue weighted by Gasteiger charge is -2.14. The third-order valence-corrected chi connectivity index (χ3v) is 3.78. The predicted molar refractivity (Wildman–Crippen MR) is 76.6 cm³/mol. The molecule has 0 spiro atoms. The molecule has 1 heterocycles. The van der Waals surface area contributed by atoms with Crippen LogP contribution in [0.5, 0.6) is 5.75 Å². The molecule has 0 saturated heterocycles. The van der Waals surface area contributed by atoms with E-state index < -0.39 is 5.97 Å². The Labute approximate surface area is 121 Å². The number of aromatic nitrogens is 2. The van der Waals surface area contributed by atoms with Crippen molar-refractivity contribution in [2.45, 2.75) is 13.8 Å². The molecule has 0 aliphatic heterocycles. The molecule has 6 heteroatoms. The minimum Gasteiger partial charge on any atom is -0.496 e. The number of methoxy groups -OCH3 is 1. The van der Waals surface area contributed by atoms with Gasteiger partial charge in [-0.25, -0.2) is 4.79 Å². The fourth-order valence-electron chi connectivity index (χ4n) is 2.22. The van der Waals surface area contributed by atoms with Gasteiger partial charge in [0.1, 0.15) is 5.75 Å². The smallest absolute Gasteiger partial charge is 0.356 e. The van der Waals surface area contributed by atoms with Crippen LogP contribution in [0.15, 0.2) is 12.1 Å². The summed E-state index contributed by atoms with van der Waals surface area (Å²) >= 11 is 6.22. The SMILES string of the molecule is COc1c(-c2cc(C(=O)O)nn2C)cc(C)c(Cl)c1C. The monoisotopic (exact) mass is 294 g/mol. The molecule has 0 radical (unpaired) electrons. The molecule has 1 N–H and O–H groups in total. The minimum absolute atomic E-state index is 0.00481. The number of hydrogen-bond donors (Lipinski definition) is 1. The first kappa shape index (κ1) is 14.4. The molecule has 2 rings (SSSR count). The Kier molecular flexibility index (Phi) is 3.72. The summed E-state index contributed by atoms with van der Waals surface area (Å²) in [4.78, 5) is 11.0. The maximum atomic E-state index is 11.0. The van der Waals surface area contributed by atoms with E-state index in [-0.39, 0.29) is 5.69 Å². The molecule has 1 aromatic carbocycles. The second kappa shape index (κ2) is 5.17. The molecule has 5 nitrogen and oxygen atoms in total. The molecule has 1 aromatic heterocycles. The summed E-state index contributed by atoms with van der Waals surface area (Å²) in [6.45, 7) is 3.76. The van der Waals surface area contributed by atoms with E-state index in [2.05, 4.69) is 5.10 Å². The van der Waals surface area contributed by atoms with Crippen LogP contribution in [0.3, 0.4) is 0 Å². The number of nitrogens with zero attached hydrogens (tertiary/aromatic N) is 2. The van der Waals surface area contributed by atoms with E-state index in [1.54, 1.807) is 14.2 Å². The average Bonchev–Trinajstić information content (AvgIpc) is 2.78. The van der Waals surface area contributed by atoms with E-state index in [9.17, 15) is 4.79 Å². The quantitative estimate of drug-likeness (QED) is 0.945. The number of aromatic carboxylic acids is 1. The van der Waals surface area contributed by atoms with Crippen molar-refractivity contribution in [1.82, 2.24) is 9.78 Å². The molecule has 0 aliphatic carbocycles. The Morgan fingerprint density at radius 1 is 1.40 bits per heavy atom. The zero-order valence-electron chi connectivity index (χ0n) is 11.7. The molecule has 0 bridgehead atoms. The predicted octanol–water partition coefficient (Wildman–Crippen LogP) is 3.06. The molecule has 0 fully saturated rings. The van der Waals surface area contributed by atoms with Crippen LogP contribution in [0.1, 0.15) is 21.6 Å². The van der Waals surface area contributed by atoms with Crippen molar-refractivity contribution in [3.63, 3.8) is 0 Å². The van der Waals surface area contributed by atoms with Crippen molar-refractivity contribution in [1.29, 1.82) is 0 Å². The van der Waals surface area contributed by atoms with Crippen LogP contribution >= 0.6 is 11.6 Å². The van der Waals surface area contributed by atoms with Gasteiger partial charge in [-0.05, 0) is 31.5 Å². The van der Waals surface area contributed by atoms with Gasteiger partial charge < -0.3 is 9.84 Å². The lowest BCUT2D eigenvalue weighted by molar-refractivity contribution is 0.0689. The normalized spacial score (nSPS) is 10.7. The second-order valence-corrected chi connectivity index (χ2v) is 4.93. The highest BCUT2D eigenvalue weighted by atomic mass is 35.5. The van der Waals surface area contributed by atoms with Crippen LogP contribution < -0.4 is 4.74 Å². The summed E-state index contributed by atoms with van der Waals surface area (Å²) in [6, 6.07) is 3.39. The maximum absolute atomic E-state index is 11.0. The average molecular weight is 295 g/mol. The molecule has 2 aromatic rings. The summed E-state index contributed by atoms with van der Waals surface area (Å²) in [5.74, 6) is -0.436. The van der Waals surface area contributed by atoms with Crippen LogP contribution in [-0.2, 0) is 7.05 Å². The van der Waals surface area contributed by atoms with Crippen molar-refractivity contribution in [3.05, 3.63) is 34.0 Å². The van der Waals surface area contributed by atoms with E-state index in [1.807, 2.05) is 19.9 Å². The van der Waals surface area contributed by atoms with Gasteiger partial charge in [-0.3, -0.25) is 4.68 Å². The summed E-state index contributed by atoms with van der Waals surface area (Å²) in [6.07, 6.45) is 0. The van der Waals surface area contributed by atoms with E-state index >= 15 is 0 Å². The molecule has 20 heavy (non-hydrogen) atoms. The van der Waals surface area contributed by atoms with Gasteiger partial charge in [0.05, 0.1) is 17.8 Å². The molecule has 0 aliphatic rings. The standard InChI is InChI=1S/C14H15ClN2O3/c1-7-5-9(13(20-4)8(2)12(7)15)11-6-10(14(18)19)16-17(11)3/h5-6H,1-4H3,(H,18,19). The van der Waals surface area contributed by atoms with Crippen LogP contribution in [-0.4, -0.2) is 28.0 Å². The Hall–Kier alpha value is -2.01. The second-order valence-electron chi connectivity index (χ2n) is 4.56.